The Kier molecular flexibility index (Phi) is 4.90. The Balaban J connectivity index is 1.84. The lowest BCUT2D eigenvalue weighted by molar-refractivity contribution is -0.179. The van der Waals surface area contributed by atoms with Gasteiger partial charge in [0.05, 0.1) is 18.6 Å². The van der Waals surface area contributed by atoms with Crippen LogP contribution >= 0.6 is 0 Å². The molecular formula is C19H22O6. The molecule has 0 spiro atoms. The molecule has 2 aliphatic carbocycles. The molecule has 1 aromatic rings. The summed E-state index contributed by atoms with van der Waals surface area (Å²) in [6, 6.07) is 9.15. The highest BCUT2D eigenvalue weighted by atomic mass is 16.5. The third kappa shape index (κ3) is 2.95. The average Bonchev–Trinajstić information content (AvgIpc) is 2.87. The highest BCUT2D eigenvalue weighted by Crippen LogP contribution is 2.53. The maximum Gasteiger partial charge on any atom is 0.320 e. The molecule has 0 saturated heterocycles. The van der Waals surface area contributed by atoms with Crippen LogP contribution in [0.5, 0.6) is 0 Å². The number of ketones is 1. The number of fused-ring (bicyclic) bond motifs is 2. The number of rotatable bonds is 5. The van der Waals surface area contributed by atoms with Crippen molar-refractivity contribution in [3.63, 3.8) is 0 Å². The van der Waals surface area contributed by atoms with Crippen LogP contribution in [0.4, 0.5) is 0 Å². The molecule has 0 aliphatic heterocycles. The second-order valence-corrected chi connectivity index (χ2v) is 6.65. The van der Waals surface area contributed by atoms with Gasteiger partial charge in [-0.1, -0.05) is 30.3 Å². The molecule has 134 valence electrons. The number of Topliss-reactive ketones (excluding diaryl/α,β-unsaturated/α-hetero) is 1. The first-order valence-electron chi connectivity index (χ1n) is 8.61. The maximum atomic E-state index is 12.9. The van der Waals surface area contributed by atoms with Crippen molar-refractivity contribution in [2.45, 2.75) is 38.9 Å². The van der Waals surface area contributed by atoms with E-state index in [1.165, 1.54) is 0 Å². The Morgan fingerprint density at radius 1 is 1.24 bits per heavy atom. The molecule has 4 atom stereocenters. The van der Waals surface area contributed by atoms with Crippen molar-refractivity contribution in [1.29, 1.82) is 0 Å². The number of esters is 2. The van der Waals surface area contributed by atoms with Gasteiger partial charge >= 0.3 is 11.9 Å². The van der Waals surface area contributed by atoms with Crippen molar-refractivity contribution >= 4 is 17.7 Å². The van der Waals surface area contributed by atoms with Gasteiger partial charge in [-0.15, -0.1) is 0 Å². The van der Waals surface area contributed by atoms with Gasteiger partial charge in [0.1, 0.15) is 12.0 Å². The van der Waals surface area contributed by atoms with Gasteiger partial charge in [-0.25, -0.2) is 0 Å². The van der Waals surface area contributed by atoms with E-state index in [4.69, 9.17) is 9.47 Å². The first kappa shape index (κ1) is 17.6. The normalized spacial score (nSPS) is 30.8. The second kappa shape index (κ2) is 6.96. The third-order valence-corrected chi connectivity index (χ3v) is 5.31. The fraction of sp³-hybridized carbons (Fsp3) is 0.526. The van der Waals surface area contributed by atoms with Crippen molar-refractivity contribution in [3.8, 4) is 0 Å². The summed E-state index contributed by atoms with van der Waals surface area (Å²) in [5.41, 5.74) is -0.719. The summed E-state index contributed by atoms with van der Waals surface area (Å²) in [5.74, 6) is -3.28. The van der Waals surface area contributed by atoms with E-state index in [0.717, 1.165) is 5.56 Å². The SMILES string of the molecule is CCOC(=O)C1CC(O)C2CCC1(C(=O)OCc1ccccc1)C2=O. The monoisotopic (exact) mass is 346 g/mol. The highest BCUT2D eigenvalue weighted by Gasteiger charge is 2.66. The molecule has 2 bridgehead atoms. The number of hydrogen-bond donors (Lipinski definition) is 1. The summed E-state index contributed by atoms with van der Waals surface area (Å²) in [7, 11) is 0. The molecule has 6 nitrogen and oxygen atoms in total. The quantitative estimate of drug-likeness (QED) is 0.644. The van der Waals surface area contributed by atoms with Crippen LogP contribution in [-0.4, -0.2) is 35.5 Å². The van der Waals surface area contributed by atoms with Crippen LogP contribution in [0.1, 0.15) is 31.7 Å². The van der Waals surface area contributed by atoms with Gasteiger partial charge in [-0.3, -0.25) is 14.4 Å². The van der Waals surface area contributed by atoms with E-state index < -0.39 is 35.3 Å². The lowest BCUT2D eigenvalue weighted by Crippen LogP contribution is -2.54. The van der Waals surface area contributed by atoms with Crippen molar-refractivity contribution in [1.82, 2.24) is 0 Å². The molecule has 6 heteroatoms. The van der Waals surface area contributed by atoms with Crippen LogP contribution in [0.2, 0.25) is 0 Å². The molecule has 25 heavy (non-hydrogen) atoms. The largest absolute Gasteiger partial charge is 0.466 e. The average molecular weight is 346 g/mol. The zero-order chi connectivity index (χ0) is 18.0. The maximum absolute atomic E-state index is 12.9. The summed E-state index contributed by atoms with van der Waals surface area (Å²) < 4.78 is 10.5. The molecule has 2 aliphatic rings. The van der Waals surface area contributed by atoms with Crippen LogP contribution in [0.25, 0.3) is 0 Å². The number of benzene rings is 1. The summed E-state index contributed by atoms with van der Waals surface area (Å²) in [6.45, 7) is 1.85. The van der Waals surface area contributed by atoms with Gasteiger partial charge in [0, 0.05) is 5.92 Å². The van der Waals surface area contributed by atoms with Gasteiger partial charge in [-0.2, -0.15) is 0 Å². The summed E-state index contributed by atoms with van der Waals surface area (Å²) in [5, 5.41) is 10.2. The minimum Gasteiger partial charge on any atom is -0.466 e. The van der Waals surface area contributed by atoms with Crippen molar-refractivity contribution in [3.05, 3.63) is 35.9 Å². The number of carbonyl (C=O) groups excluding carboxylic acids is 3. The van der Waals surface area contributed by atoms with Crippen LogP contribution in [0, 0.1) is 17.3 Å². The predicted octanol–water partition coefficient (Wildman–Crippen LogP) is 1.64. The van der Waals surface area contributed by atoms with Gasteiger partial charge in [-0.05, 0) is 31.7 Å². The number of carbonyl (C=O) groups is 3. The zero-order valence-corrected chi connectivity index (χ0v) is 14.1. The fourth-order valence-electron chi connectivity index (χ4n) is 4.03. The Hall–Kier alpha value is -2.21. The molecule has 0 radical (unpaired) electrons. The molecule has 2 saturated carbocycles. The molecule has 4 unspecified atom stereocenters. The Morgan fingerprint density at radius 3 is 2.64 bits per heavy atom. The standard InChI is InChI=1S/C19H22O6/c1-2-24-17(22)14-10-15(20)13-8-9-19(14,16(13)21)18(23)25-11-12-6-4-3-5-7-12/h3-7,13-15,20H,2,8-11H2,1H3. The smallest absolute Gasteiger partial charge is 0.320 e. The molecule has 0 aromatic heterocycles. The first-order chi connectivity index (χ1) is 12.0. The van der Waals surface area contributed by atoms with E-state index in [-0.39, 0.29) is 31.8 Å². The van der Waals surface area contributed by atoms with Gasteiger partial charge in [0.25, 0.3) is 0 Å². The predicted molar refractivity (Wildman–Crippen MR) is 87.1 cm³/mol. The van der Waals surface area contributed by atoms with E-state index in [1.807, 2.05) is 30.3 Å². The van der Waals surface area contributed by atoms with Crippen LogP contribution < -0.4 is 0 Å². The van der Waals surface area contributed by atoms with Crippen LogP contribution in [-0.2, 0) is 30.5 Å². The molecule has 2 fully saturated rings. The Morgan fingerprint density at radius 2 is 1.96 bits per heavy atom. The number of hydrogen-bond acceptors (Lipinski definition) is 6. The van der Waals surface area contributed by atoms with E-state index >= 15 is 0 Å². The summed E-state index contributed by atoms with van der Waals surface area (Å²) in [6.07, 6.45) is -0.268. The first-order valence-corrected chi connectivity index (χ1v) is 8.61. The van der Waals surface area contributed by atoms with Crippen LogP contribution in [0.15, 0.2) is 30.3 Å². The molecule has 0 heterocycles. The molecule has 0 amide bonds. The molecule has 3 rings (SSSR count). The highest BCUT2D eigenvalue weighted by molar-refractivity contribution is 6.10. The number of ether oxygens (including phenoxy) is 2. The molecule has 1 aromatic carbocycles. The lowest BCUT2D eigenvalue weighted by atomic mass is 9.65. The third-order valence-electron chi connectivity index (χ3n) is 5.31. The van der Waals surface area contributed by atoms with E-state index in [1.54, 1.807) is 6.92 Å². The van der Waals surface area contributed by atoms with Gasteiger partial charge in [0.15, 0.2) is 5.78 Å². The van der Waals surface area contributed by atoms with Crippen molar-refractivity contribution < 1.29 is 29.0 Å². The minimum absolute atomic E-state index is 0.0392. The fourth-order valence-corrected chi connectivity index (χ4v) is 4.03. The summed E-state index contributed by atoms with van der Waals surface area (Å²) >= 11 is 0. The Bertz CT molecular complexity index is 670. The van der Waals surface area contributed by atoms with Gasteiger partial charge < -0.3 is 14.6 Å². The topological polar surface area (TPSA) is 89.9 Å². The summed E-state index contributed by atoms with van der Waals surface area (Å²) in [4.78, 5) is 38.0. The van der Waals surface area contributed by atoms with Crippen molar-refractivity contribution in [2.24, 2.45) is 17.3 Å². The molecular weight excluding hydrogens is 324 g/mol. The zero-order valence-electron chi connectivity index (χ0n) is 14.1. The van der Waals surface area contributed by atoms with E-state index in [2.05, 4.69) is 0 Å². The van der Waals surface area contributed by atoms with Crippen molar-refractivity contribution in [2.75, 3.05) is 6.61 Å². The van der Waals surface area contributed by atoms with E-state index in [9.17, 15) is 19.5 Å². The van der Waals surface area contributed by atoms with Crippen LogP contribution in [0.3, 0.4) is 0 Å². The number of aliphatic hydroxyl groups excluding tert-OH is 1. The lowest BCUT2D eigenvalue weighted by Gasteiger charge is -2.37. The second-order valence-electron chi connectivity index (χ2n) is 6.65. The van der Waals surface area contributed by atoms with Gasteiger partial charge in [0.2, 0.25) is 0 Å². The van der Waals surface area contributed by atoms with E-state index in [0.29, 0.717) is 6.42 Å². The molecule has 1 N–H and O–H groups in total. The Labute approximate surface area is 146 Å². The minimum atomic E-state index is -1.52. The number of aliphatic hydroxyl groups is 1.